The molecule has 22 heavy (non-hydrogen) atoms. The first-order valence-corrected chi connectivity index (χ1v) is 7.38. The monoisotopic (exact) mass is 302 g/mol. The molecule has 1 aromatic carbocycles. The van der Waals surface area contributed by atoms with Gasteiger partial charge in [-0.15, -0.1) is 0 Å². The summed E-state index contributed by atoms with van der Waals surface area (Å²) in [6.07, 6.45) is 2.95. The van der Waals surface area contributed by atoms with Crippen LogP contribution in [-0.4, -0.2) is 52.9 Å². The minimum Gasteiger partial charge on any atom is -0.331 e. The van der Waals surface area contributed by atoms with Gasteiger partial charge in [-0.25, -0.2) is 9.07 Å². The predicted molar refractivity (Wildman–Crippen MR) is 81.8 cm³/mol. The highest BCUT2D eigenvalue weighted by molar-refractivity contribution is 5.95. The lowest BCUT2D eigenvalue weighted by Crippen LogP contribution is -2.41. The number of likely N-dealkylation sites (N-methyl/N-ethyl adjacent to an activating group) is 1. The molecule has 1 saturated heterocycles. The Morgan fingerprint density at radius 1 is 1.45 bits per heavy atom. The molecular weight excluding hydrogens is 283 g/mol. The van der Waals surface area contributed by atoms with Crippen LogP contribution < -0.4 is 5.32 Å². The van der Waals surface area contributed by atoms with Gasteiger partial charge in [0.1, 0.15) is 6.17 Å². The van der Waals surface area contributed by atoms with E-state index in [1.165, 1.54) is 0 Å². The second kappa shape index (κ2) is 6.27. The van der Waals surface area contributed by atoms with E-state index in [1.807, 2.05) is 31.4 Å². The standard InChI is InChI=1S/C16H19FN4O/c1-18-10-15-9-13(17)11-20(15)16(22)12-4-2-5-14(8-12)21-7-3-6-19-21/h2-8,13,15,18H,9-11H2,1H3/t13-,15-/m0/s1. The maximum Gasteiger partial charge on any atom is 0.254 e. The van der Waals surface area contributed by atoms with E-state index in [4.69, 9.17) is 0 Å². The van der Waals surface area contributed by atoms with E-state index in [2.05, 4.69) is 10.4 Å². The molecule has 0 radical (unpaired) electrons. The SMILES string of the molecule is CNC[C@@H]1C[C@H](F)CN1C(=O)c1cccc(-n2cccn2)c1. The smallest absolute Gasteiger partial charge is 0.254 e. The molecule has 0 bridgehead atoms. The average Bonchev–Trinajstić information content (AvgIpc) is 3.17. The molecular formula is C16H19FN4O. The Kier molecular flexibility index (Phi) is 4.20. The average molecular weight is 302 g/mol. The van der Waals surface area contributed by atoms with Crippen molar-refractivity contribution in [3.8, 4) is 5.69 Å². The number of hydrogen-bond acceptors (Lipinski definition) is 3. The van der Waals surface area contributed by atoms with Crippen LogP contribution in [0.25, 0.3) is 5.69 Å². The van der Waals surface area contributed by atoms with Gasteiger partial charge in [-0.1, -0.05) is 6.07 Å². The largest absolute Gasteiger partial charge is 0.331 e. The van der Waals surface area contributed by atoms with Crippen molar-refractivity contribution < 1.29 is 9.18 Å². The Morgan fingerprint density at radius 3 is 3.05 bits per heavy atom. The summed E-state index contributed by atoms with van der Waals surface area (Å²) < 4.78 is 15.4. The third-order valence-electron chi connectivity index (χ3n) is 3.93. The van der Waals surface area contributed by atoms with Crippen LogP contribution >= 0.6 is 0 Å². The van der Waals surface area contributed by atoms with Crippen LogP contribution in [0.3, 0.4) is 0 Å². The van der Waals surface area contributed by atoms with E-state index in [9.17, 15) is 9.18 Å². The molecule has 1 N–H and O–H groups in total. The first-order valence-electron chi connectivity index (χ1n) is 7.38. The zero-order valence-electron chi connectivity index (χ0n) is 12.4. The lowest BCUT2D eigenvalue weighted by Gasteiger charge is -2.24. The van der Waals surface area contributed by atoms with Crippen molar-refractivity contribution in [3.05, 3.63) is 48.3 Å². The summed E-state index contributed by atoms with van der Waals surface area (Å²) in [5.41, 5.74) is 1.38. The van der Waals surface area contributed by atoms with Crippen molar-refractivity contribution in [2.24, 2.45) is 0 Å². The Hall–Kier alpha value is -2.21. The summed E-state index contributed by atoms with van der Waals surface area (Å²) in [7, 11) is 1.81. The van der Waals surface area contributed by atoms with Gasteiger partial charge in [0, 0.05) is 37.0 Å². The third kappa shape index (κ3) is 2.87. The molecule has 1 aliphatic rings. The summed E-state index contributed by atoms with van der Waals surface area (Å²) in [4.78, 5) is 14.3. The number of carbonyl (C=O) groups excluding carboxylic acids is 1. The summed E-state index contributed by atoms with van der Waals surface area (Å²) in [6, 6.07) is 8.98. The van der Waals surface area contributed by atoms with Crippen LogP contribution in [-0.2, 0) is 0 Å². The van der Waals surface area contributed by atoms with E-state index < -0.39 is 6.17 Å². The molecule has 3 rings (SSSR count). The molecule has 2 aromatic rings. The fraction of sp³-hybridized carbons (Fsp3) is 0.375. The van der Waals surface area contributed by atoms with Crippen LogP contribution in [0.15, 0.2) is 42.7 Å². The van der Waals surface area contributed by atoms with Gasteiger partial charge >= 0.3 is 0 Å². The second-order valence-electron chi connectivity index (χ2n) is 5.50. The number of nitrogens with one attached hydrogen (secondary N) is 1. The van der Waals surface area contributed by atoms with E-state index in [-0.39, 0.29) is 18.5 Å². The molecule has 1 aromatic heterocycles. The van der Waals surface area contributed by atoms with Gasteiger partial charge in [0.15, 0.2) is 0 Å². The van der Waals surface area contributed by atoms with Gasteiger partial charge in [-0.3, -0.25) is 4.79 Å². The molecule has 2 atom stereocenters. The number of amides is 1. The number of likely N-dealkylation sites (tertiary alicyclic amines) is 1. The molecule has 1 amide bonds. The normalized spacial score (nSPS) is 21.3. The number of hydrogen-bond donors (Lipinski definition) is 1. The van der Waals surface area contributed by atoms with Gasteiger partial charge in [0.25, 0.3) is 5.91 Å². The highest BCUT2D eigenvalue weighted by Crippen LogP contribution is 2.23. The van der Waals surface area contributed by atoms with E-state index in [0.717, 1.165) is 5.69 Å². The molecule has 0 spiro atoms. The van der Waals surface area contributed by atoms with E-state index in [0.29, 0.717) is 18.5 Å². The van der Waals surface area contributed by atoms with Gasteiger partial charge < -0.3 is 10.2 Å². The molecule has 0 saturated carbocycles. The predicted octanol–water partition coefficient (Wildman–Crippen LogP) is 1.64. The summed E-state index contributed by atoms with van der Waals surface area (Å²) in [6.45, 7) is 0.766. The number of halogens is 1. The topological polar surface area (TPSA) is 50.2 Å². The van der Waals surface area contributed by atoms with Crippen LogP contribution in [0.2, 0.25) is 0 Å². The number of carbonyl (C=O) groups is 1. The Balaban J connectivity index is 1.84. The van der Waals surface area contributed by atoms with Crippen LogP contribution in [0, 0.1) is 0 Å². The van der Waals surface area contributed by atoms with Crippen molar-refractivity contribution in [2.75, 3.05) is 20.1 Å². The fourth-order valence-corrected chi connectivity index (χ4v) is 2.91. The molecule has 0 aliphatic carbocycles. The van der Waals surface area contributed by atoms with Gasteiger partial charge in [0.05, 0.1) is 12.2 Å². The van der Waals surface area contributed by atoms with Crippen LogP contribution in [0.5, 0.6) is 0 Å². The third-order valence-corrected chi connectivity index (χ3v) is 3.93. The molecule has 116 valence electrons. The maximum absolute atomic E-state index is 13.7. The van der Waals surface area contributed by atoms with Gasteiger partial charge in [-0.2, -0.15) is 5.10 Å². The molecule has 1 fully saturated rings. The summed E-state index contributed by atoms with van der Waals surface area (Å²) in [5, 5.41) is 7.19. The number of alkyl halides is 1. The first-order chi connectivity index (χ1) is 10.7. The van der Waals surface area contributed by atoms with Crippen LogP contribution in [0.4, 0.5) is 4.39 Å². The maximum atomic E-state index is 13.7. The lowest BCUT2D eigenvalue weighted by atomic mass is 10.1. The van der Waals surface area contributed by atoms with E-state index in [1.54, 1.807) is 27.9 Å². The minimum absolute atomic E-state index is 0.0964. The fourth-order valence-electron chi connectivity index (χ4n) is 2.91. The molecule has 5 nitrogen and oxygen atoms in total. The highest BCUT2D eigenvalue weighted by Gasteiger charge is 2.35. The van der Waals surface area contributed by atoms with Gasteiger partial charge in [0.2, 0.25) is 0 Å². The number of aromatic nitrogens is 2. The molecule has 1 aliphatic heterocycles. The Labute approximate surface area is 128 Å². The number of rotatable bonds is 4. The van der Waals surface area contributed by atoms with Crippen molar-refractivity contribution in [1.82, 2.24) is 20.0 Å². The quantitative estimate of drug-likeness (QED) is 0.934. The lowest BCUT2D eigenvalue weighted by molar-refractivity contribution is 0.0729. The van der Waals surface area contributed by atoms with Crippen LogP contribution in [0.1, 0.15) is 16.8 Å². The zero-order chi connectivity index (χ0) is 15.5. The van der Waals surface area contributed by atoms with Crippen molar-refractivity contribution in [1.29, 1.82) is 0 Å². The highest BCUT2D eigenvalue weighted by atomic mass is 19.1. The second-order valence-corrected chi connectivity index (χ2v) is 5.50. The summed E-state index contributed by atoms with van der Waals surface area (Å²) in [5.74, 6) is -0.130. The summed E-state index contributed by atoms with van der Waals surface area (Å²) >= 11 is 0. The number of nitrogens with zero attached hydrogens (tertiary/aromatic N) is 3. The molecule has 0 unspecified atom stereocenters. The van der Waals surface area contributed by atoms with E-state index >= 15 is 0 Å². The number of benzene rings is 1. The van der Waals surface area contributed by atoms with Crippen molar-refractivity contribution in [3.63, 3.8) is 0 Å². The van der Waals surface area contributed by atoms with Crippen molar-refractivity contribution >= 4 is 5.91 Å². The first kappa shape index (κ1) is 14.7. The Morgan fingerprint density at radius 2 is 2.32 bits per heavy atom. The Bertz CT molecular complexity index is 643. The minimum atomic E-state index is -0.948. The molecule has 2 heterocycles. The van der Waals surface area contributed by atoms with Crippen molar-refractivity contribution in [2.45, 2.75) is 18.6 Å². The molecule has 6 heteroatoms. The van der Waals surface area contributed by atoms with Gasteiger partial charge in [-0.05, 0) is 31.3 Å². The zero-order valence-corrected chi connectivity index (χ0v) is 12.4.